The van der Waals surface area contributed by atoms with Crippen molar-refractivity contribution in [1.29, 1.82) is 0 Å². The van der Waals surface area contributed by atoms with E-state index in [4.69, 9.17) is 5.11 Å². The lowest BCUT2D eigenvalue weighted by Gasteiger charge is -1.87. The molecule has 0 radical (unpaired) electrons. The van der Waals surface area contributed by atoms with Crippen molar-refractivity contribution in [3.05, 3.63) is 10.0 Å². The van der Waals surface area contributed by atoms with E-state index in [1.807, 2.05) is 6.92 Å². The summed E-state index contributed by atoms with van der Waals surface area (Å²) in [6.07, 6.45) is 1.64. The topological polar surface area (TPSA) is 46.0 Å². The lowest BCUT2D eigenvalue weighted by molar-refractivity contribution is 0.288. The van der Waals surface area contributed by atoms with Gasteiger partial charge in [0, 0.05) is 13.0 Å². The summed E-state index contributed by atoms with van der Waals surface area (Å²) in [5.74, 6) is 0. The van der Waals surface area contributed by atoms with E-state index in [0.29, 0.717) is 0 Å². The molecule has 0 aliphatic carbocycles. The Bertz CT molecular complexity index is 199. The third-order valence-corrected chi connectivity index (χ3v) is 2.02. The molecule has 10 heavy (non-hydrogen) atoms. The molecule has 0 aliphatic rings. The fraction of sp³-hybridized carbons (Fsp3) is 0.667. The van der Waals surface area contributed by atoms with Gasteiger partial charge in [0.25, 0.3) is 0 Å². The largest absolute Gasteiger partial charge is 0.396 e. The second-order valence-electron chi connectivity index (χ2n) is 2.04. The standard InChI is InChI=1S/C6H10N2OS/c1-5-7-8-6(10-5)3-2-4-9/h9H,2-4H2,1H3. The molecule has 3 nitrogen and oxygen atoms in total. The summed E-state index contributed by atoms with van der Waals surface area (Å²) in [6, 6.07) is 0. The minimum Gasteiger partial charge on any atom is -0.396 e. The molecular weight excluding hydrogens is 148 g/mol. The number of aliphatic hydroxyl groups is 1. The first kappa shape index (κ1) is 7.63. The molecule has 0 spiro atoms. The molecule has 0 saturated heterocycles. The van der Waals surface area contributed by atoms with Gasteiger partial charge in [0.15, 0.2) is 0 Å². The van der Waals surface area contributed by atoms with E-state index < -0.39 is 0 Å². The second-order valence-corrected chi connectivity index (χ2v) is 3.31. The predicted molar refractivity (Wildman–Crippen MR) is 40.1 cm³/mol. The first-order valence-electron chi connectivity index (χ1n) is 3.23. The fourth-order valence-corrected chi connectivity index (χ4v) is 1.42. The maximum atomic E-state index is 8.49. The summed E-state index contributed by atoms with van der Waals surface area (Å²) in [6.45, 7) is 2.17. The summed E-state index contributed by atoms with van der Waals surface area (Å²) in [5, 5.41) is 18.3. The summed E-state index contributed by atoms with van der Waals surface area (Å²) < 4.78 is 0. The van der Waals surface area contributed by atoms with Crippen molar-refractivity contribution in [2.24, 2.45) is 0 Å². The Kier molecular flexibility index (Phi) is 2.77. The zero-order valence-corrected chi connectivity index (χ0v) is 6.69. The molecule has 0 atom stereocenters. The maximum Gasteiger partial charge on any atom is 0.117 e. The number of hydrogen-bond donors (Lipinski definition) is 1. The van der Waals surface area contributed by atoms with Crippen molar-refractivity contribution in [3.8, 4) is 0 Å². The van der Waals surface area contributed by atoms with E-state index in [0.717, 1.165) is 22.9 Å². The average Bonchev–Trinajstić information content (AvgIpc) is 2.31. The molecule has 0 bridgehead atoms. The summed E-state index contributed by atoms with van der Waals surface area (Å²) >= 11 is 1.59. The van der Waals surface area contributed by atoms with Gasteiger partial charge in [-0.15, -0.1) is 21.5 Å². The molecule has 0 amide bonds. The lowest BCUT2D eigenvalue weighted by Crippen LogP contribution is -1.87. The van der Waals surface area contributed by atoms with Crippen molar-refractivity contribution in [2.75, 3.05) is 6.61 Å². The van der Waals surface area contributed by atoms with Gasteiger partial charge in [0.2, 0.25) is 0 Å². The highest BCUT2D eigenvalue weighted by Gasteiger charge is 1.97. The van der Waals surface area contributed by atoms with Gasteiger partial charge < -0.3 is 5.11 Å². The minimum absolute atomic E-state index is 0.235. The van der Waals surface area contributed by atoms with Gasteiger partial charge >= 0.3 is 0 Å². The number of hydrogen-bond acceptors (Lipinski definition) is 4. The van der Waals surface area contributed by atoms with Crippen LogP contribution >= 0.6 is 11.3 Å². The van der Waals surface area contributed by atoms with Gasteiger partial charge in [-0.3, -0.25) is 0 Å². The van der Waals surface area contributed by atoms with Gasteiger partial charge in [0.05, 0.1) is 0 Å². The smallest absolute Gasteiger partial charge is 0.117 e. The maximum absolute atomic E-state index is 8.49. The molecule has 0 saturated carbocycles. The second kappa shape index (κ2) is 3.63. The van der Waals surface area contributed by atoms with Crippen LogP contribution in [0.25, 0.3) is 0 Å². The number of aromatic nitrogens is 2. The molecule has 1 aromatic rings. The Labute approximate surface area is 63.7 Å². The molecular formula is C6H10N2OS. The van der Waals surface area contributed by atoms with Crippen LogP contribution in [-0.4, -0.2) is 21.9 Å². The van der Waals surface area contributed by atoms with Crippen molar-refractivity contribution in [3.63, 3.8) is 0 Å². The molecule has 1 N–H and O–H groups in total. The van der Waals surface area contributed by atoms with Gasteiger partial charge in [-0.2, -0.15) is 0 Å². The van der Waals surface area contributed by atoms with E-state index in [1.165, 1.54) is 0 Å². The highest BCUT2D eigenvalue weighted by atomic mass is 32.1. The molecule has 0 aromatic carbocycles. The van der Waals surface area contributed by atoms with Crippen LogP contribution in [0.4, 0.5) is 0 Å². The molecule has 0 aliphatic heterocycles. The van der Waals surface area contributed by atoms with E-state index >= 15 is 0 Å². The summed E-state index contributed by atoms with van der Waals surface area (Å²) in [7, 11) is 0. The fourth-order valence-electron chi connectivity index (χ4n) is 0.669. The summed E-state index contributed by atoms with van der Waals surface area (Å²) in [5.41, 5.74) is 0. The van der Waals surface area contributed by atoms with Crippen LogP contribution in [0.1, 0.15) is 16.4 Å². The first-order chi connectivity index (χ1) is 4.83. The molecule has 4 heteroatoms. The van der Waals surface area contributed by atoms with Crippen LogP contribution < -0.4 is 0 Å². The Balaban J connectivity index is 2.42. The van der Waals surface area contributed by atoms with Crippen LogP contribution in [0, 0.1) is 6.92 Å². The molecule has 0 fully saturated rings. The van der Waals surface area contributed by atoms with Gasteiger partial charge in [0.1, 0.15) is 10.0 Å². The Morgan fingerprint density at radius 1 is 1.50 bits per heavy atom. The molecule has 1 aromatic heterocycles. The Morgan fingerprint density at radius 2 is 2.30 bits per heavy atom. The van der Waals surface area contributed by atoms with E-state index in [9.17, 15) is 0 Å². The molecule has 56 valence electrons. The van der Waals surface area contributed by atoms with E-state index in [2.05, 4.69) is 10.2 Å². The summed E-state index contributed by atoms with van der Waals surface area (Å²) in [4.78, 5) is 0. The predicted octanol–water partition coefficient (Wildman–Crippen LogP) is 0.771. The number of rotatable bonds is 3. The van der Waals surface area contributed by atoms with E-state index in [-0.39, 0.29) is 6.61 Å². The van der Waals surface area contributed by atoms with Crippen LogP contribution in [0.15, 0.2) is 0 Å². The Morgan fingerprint density at radius 3 is 2.80 bits per heavy atom. The van der Waals surface area contributed by atoms with Crippen molar-refractivity contribution < 1.29 is 5.11 Å². The highest BCUT2D eigenvalue weighted by Crippen LogP contribution is 2.09. The van der Waals surface area contributed by atoms with Gasteiger partial charge in [-0.1, -0.05) is 0 Å². The van der Waals surface area contributed by atoms with Gasteiger partial charge in [-0.05, 0) is 13.3 Å². The first-order valence-corrected chi connectivity index (χ1v) is 4.04. The van der Waals surface area contributed by atoms with Crippen molar-refractivity contribution in [2.45, 2.75) is 19.8 Å². The third-order valence-electron chi connectivity index (χ3n) is 1.12. The average molecular weight is 158 g/mol. The number of nitrogens with zero attached hydrogens (tertiary/aromatic N) is 2. The zero-order chi connectivity index (χ0) is 7.40. The monoisotopic (exact) mass is 158 g/mol. The van der Waals surface area contributed by atoms with Crippen LogP contribution in [0.2, 0.25) is 0 Å². The molecule has 1 heterocycles. The lowest BCUT2D eigenvalue weighted by atomic mass is 10.3. The Hall–Kier alpha value is -0.480. The number of aryl methyl sites for hydroxylation is 2. The quantitative estimate of drug-likeness (QED) is 0.706. The van der Waals surface area contributed by atoms with Crippen LogP contribution in [-0.2, 0) is 6.42 Å². The SMILES string of the molecule is Cc1nnc(CCCO)s1. The molecule has 0 unspecified atom stereocenters. The van der Waals surface area contributed by atoms with Gasteiger partial charge in [-0.25, -0.2) is 0 Å². The zero-order valence-electron chi connectivity index (χ0n) is 5.87. The number of aliphatic hydroxyl groups excluding tert-OH is 1. The third kappa shape index (κ3) is 2.04. The molecule has 1 rings (SSSR count). The van der Waals surface area contributed by atoms with Crippen LogP contribution in [0.5, 0.6) is 0 Å². The van der Waals surface area contributed by atoms with Crippen molar-refractivity contribution in [1.82, 2.24) is 10.2 Å². The van der Waals surface area contributed by atoms with E-state index in [1.54, 1.807) is 11.3 Å². The minimum atomic E-state index is 0.235. The highest BCUT2D eigenvalue weighted by molar-refractivity contribution is 7.11. The van der Waals surface area contributed by atoms with Crippen LogP contribution in [0.3, 0.4) is 0 Å². The normalized spacial score (nSPS) is 10.2. The van der Waals surface area contributed by atoms with Crippen molar-refractivity contribution >= 4 is 11.3 Å².